The van der Waals surface area contributed by atoms with Crippen LogP contribution in [0.1, 0.15) is 33.9 Å². The Kier molecular flexibility index (Phi) is 4.56. The van der Waals surface area contributed by atoms with E-state index < -0.39 is 53.2 Å². The molecule has 0 radical (unpaired) electrons. The Morgan fingerprint density at radius 1 is 1.39 bits per heavy atom. The van der Waals surface area contributed by atoms with Crippen molar-refractivity contribution in [1.82, 2.24) is 9.55 Å². The van der Waals surface area contributed by atoms with Crippen LogP contribution in [-0.4, -0.2) is 44.0 Å². The minimum Gasteiger partial charge on any atom is -0.388 e. The number of amides is 1. The second kappa shape index (κ2) is 5.99. The van der Waals surface area contributed by atoms with Crippen molar-refractivity contribution < 1.29 is 24.1 Å². The van der Waals surface area contributed by atoms with Gasteiger partial charge in [0.1, 0.15) is 12.2 Å². The summed E-state index contributed by atoms with van der Waals surface area (Å²) in [6.45, 7) is 6.41. The number of halogens is 1. The van der Waals surface area contributed by atoms with Gasteiger partial charge in [-0.25, -0.2) is 9.18 Å². The Morgan fingerprint density at radius 2 is 2.00 bits per heavy atom. The van der Waals surface area contributed by atoms with E-state index in [1.165, 1.54) is 6.92 Å². The number of rotatable bonds is 2. The Morgan fingerprint density at radius 3 is 2.48 bits per heavy atom. The highest BCUT2D eigenvalue weighted by molar-refractivity contribution is 5.93. The summed E-state index contributed by atoms with van der Waals surface area (Å²) in [6.07, 6.45) is -3.77. The topological polar surface area (TPSA) is 114 Å². The van der Waals surface area contributed by atoms with E-state index in [1.807, 2.05) is 0 Å². The van der Waals surface area contributed by atoms with Crippen LogP contribution in [0.15, 0.2) is 11.0 Å². The lowest BCUT2D eigenvalue weighted by Crippen LogP contribution is -2.36. The Hall–Kier alpha value is -1.84. The number of nitrogens with zero attached hydrogens (tertiary/aromatic N) is 2. The number of hydrogen-bond acceptors (Lipinski definition) is 6. The number of aromatic nitrogens is 2. The maximum Gasteiger partial charge on any atom is 0.351 e. The van der Waals surface area contributed by atoms with Gasteiger partial charge in [0.05, 0.1) is 12.3 Å². The molecule has 8 nitrogen and oxygen atoms in total. The van der Waals surface area contributed by atoms with Crippen molar-refractivity contribution in [3.8, 4) is 0 Å². The van der Waals surface area contributed by atoms with Crippen LogP contribution in [0.5, 0.6) is 0 Å². The summed E-state index contributed by atoms with van der Waals surface area (Å²) in [7, 11) is 0. The number of carbonyl (C=O) groups is 1. The summed E-state index contributed by atoms with van der Waals surface area (Å²) in [4.78, 5) is 27.4. The van der Waals surface area contributed by atoms with Gasteiger partial charge in [-0.15, -0.1) is 0 Å². The Balaban J connectivity index is 2.32. The highest BCUT2D eigenvalue weighted by Crippen LogP contribution is 2.28. The van der Waals surface area contributed by atoms with Crippen LogP contribution in [0.3, 0.4) is 0 Å². The van der Waals surface area contributed by atoms with E-state index in [2.05, 4.69) is 10.3 Å². The van der Waals surface area contributed by atoms with E-state index in [0.29, 0.717) is 0 Å². The molecule has 3 N–H and O–H groups in total. The zero-order valence-electron chi connectivity index (χ0n) is 13.3. The van der Waals surface area contributed by atoms with Crippen molar-refractivity contribution in [2.24, 2.45) is 5.41 Å². The lowest BCUT2D eigenvalue weighted by Gasteiger charge is -2.19. The summed E-state index contributed by atoms with van der Waals surface area (Å²) >= 11 is 0. The lowest BCUT2D eigenvalue weighted by molar-refractivity contribution is -0.123. The molecule has 1 fully saturated rings. The molecule has 23 heavy (non-hydrogen) atoms. The van der Waals surface area contributed by atoms with E-state index in [-0.39, 0.29) is 0 Å². The maximum atomic E-state index is 14.1. The zero-order chi connectivity index (χ0) is 17.5. The second-order valence-corrected chi connectivity index (χ2v) is 6.54. The second-order valence-electron chi connectivity index (χ2n) is 6.54. The summed E-state index contributed by atoms with van der Waals surface area (Å²) in [5, 5.41) is 21.8. The summed E-state index contributed by atoms with van der Waals surface area (Å²) in [6, 6.07) is 0. The molecule has 4 atom stereocenters. The van der Waals surface area contributed by atoms with Crippen molar-refractivity contribution >= 4 is 11.7 Å². The summed E-state index contributed by atoms with van der Waals surface area (Å²) in [5.74, 6) is -1.94. The molecule has 0 spiro atoms. The van der Waals surface area contributed by atoms with E-state index in [1.54, 1.807) is 20.8 Å². The predicted molar refractivity (Wildman–Crippen MR) is 78.1 cm³/mol. The van der Waals surface area contributed by atoms with Gasteiger partial charge in [-0.1, -0.05) is 20.8 Å². The van der Waals surface area contributed by atoms with Gasteiger partial charge < -0.3 is 20.3 Å². The molecule has 2 heterocycles. The largest absolute Gasteiger partial charge is 0.388 e. The first-order valence-electron chi connectivity index (χ1n) is 7.14. The molecule has 128 valence electrons. The number of nitrogens with one attached hydrogen (secondary N) is 1. The SMILES string of the molecule is C[C@H]1O[C@@H](n2cc(F)c(NC(=O)C(C)(C)C)nc2=O)C(O)C1O. The predicted octanol–water partition coefficient (Wildman–Crippen LogP) is 0.00610. The fourth-order valence-electron chi connectivity index (χ4n) is 2.07. The van der Waals surface area contributed by atoms with Gasteiger partial charge in [0, 0.05) is 5.41 Å². The van der Waals surface area contributed by atoms with Crippen molar-refractivity contribution in [3.05, 3.63) is 22.5 Å². The standard InChI is InChI=1S/C14H20FN3O5/c1-6-8(19)9(20)11(23-6)18-5-7(15)10(17-13(18)22)16-12(21)14(2,3)4/h5-6,8-9,11,19-20H,1-4H3,(H,16,17,21,22)/t6-,8?,9?,11-/m1/s1. The van der Waals surface area contributed by atoms with Gasteiger partial charge >= 0.3 is 5.69 Å². The quantitative estimate of drug-likeness (QED) is 0.704. The van der Waals surface area contributed by atoms with Crippen LogP contribution in [0.4, 0.5) is 10.2 Å². The lowest BCUT2D eigenvalue weighted by atomic mass is 9.96. The van der Waals surface area contributed by atoms with Gasteiger partial charge in [0.25, 0.3) is 0 Å². The molecular formula is C14H20FN3O5. The van der Waals surface area contributed by atoms with Crippen LogP contribution >= 0.6 is 0 Å². The third kappa shape index (κ3) is 3.41. The van der Waals surface area contributed by atoms with E-state index >= 15 is 0 Å². The number of anilines is 1. The van der Waals surface area contributed by atoms with Crippen molar-refractivity contribution in [2.45, 2.75) is 52.2 Å². The first kappa shape index (κ1) is 17.5. The molecular weight excluding hydrogens is 309 g/mol. The smallest absolute Gasteiger partial charge is 0.351 e. The highest BCUT2D eigenvalue weighted by atomic mass is 19.1. The molecule has 0 bridgehead atoms. The molecule has 1 aliphatic heterocycles. The number of aliphatic hydroxyl groups excluding tert-OH is 2. The minimum atomic E-state index is -1.39. The molecule has 1 aromatic heterocycles. The number of carbonyl (C=O) groups excluding carboxylic acids is 1. The van der Waals surface area contributed by atoms with Crippen LogP contribution in [-0.2, 0) is 9.53 Å². The highest BCUT2D eigenvalue weighted by Gasteiger charge is 2.42. The van der Waals surface area contributed by atoms with Crippen LogP contribution in [0.2, 0.25) is 0 Å². The molecule has 1 aliphatic rings. The first-order chi connectivity index (χ1) is 10.5. The molecule has 2 unspecified atom stereocenters. The van der Waals surface area contributed by atoms with Crippen molar-refractivity contribution in [3.63, 3.8) is 0 Å². The molecule has 0 aliphatic carbocycles. The van der Waals surface area contributed by atoms with Gasteiger partial charge in [-0.2, -0.15) is 4.98 Å². The van der Waals surface area contributed by atoms with Gasteiger partial charge in [-0.3, -0.25) is 9.36 Å². The average molecular weight is 329 g/mol. The number of aliphatic hydroxyl groups is 2. The van der Waals surface area contributed by atoms with Crippen molar-refractivity contribution in [2.75, 3.05) is 5.32 Å². The molecule has 9 heteroatoms. The van der Waals surface area contributed by atoms with Gasteiger partial charge in [0.2, 0.25) is 5.91 Å². The fraction of sp³-hybridized carbons (Fsp3) is 0.643. The fourth-order valence-corrected chi connectivity index (χ4v) is 2.07. The Labute approximate surface area is 131 Å². The van der Waals surface area contributed by atoms with E-state index in [9.17, 15) is 24.2 Å². The van der Waals surface area contributed by atoms with Gasteiger partial charge in [-0.05, 0) is 6.92 Å². The third-order valence-corrected chi connectivity index (χ3v) is 3.57. The monoisotopic (exact) mass is 329 g/mol. The van der Waals surface area contributed by atoms with E-state index in [0.717, 1.165) is 10.8 Å². The normalized spacial score (nSPS) is 28.0. The molecule has 0 aromatic carbocycles. The van der Waals surface area contributed by atoms with Crippen LogP contribution in [0, 0.1) is 11.2 Å². The molecule has 1 saturated heterocycles. The molecule has 1 aromatic rings. The molecule has 1 amide bonds. The third-order valence-electron chi connectivity index (χ3n) is 3.57. The average Bonchev–Trinajstić information content (AvgIpc) is 2.69. The first-order valence-corrected chi connectivity index (χ1v) is 7.14. The maximum absolute atomic E-state index is 14.1. The Bertz CT molecular complexity index is 669. The summed E-state index contributed by atoms with van der Waals surface area (Å²) in [5.41, 5.74) is -1.70. The summed E-state index contributed by atoms with van der Waals surface area (Å²) < 4.78 is 20.1. The van der Waals surface area contributed by atoms with Crippen LogP contribution < -0.4 is 11.0 Å². The number of hydrogen-bond donors (Lipinski definition) is 3. The minimum absolute atomic E-state index is 0.493. The zero-order valence-corrected chi connectivity index (χ0v) is 13.3. The van der Waals surface area contributed by atoms with Crippen molar-refractivity contribution in [1.29, 1.82) is 0 Å². The molecule has 2 rings (SSSR count). The van der Waals surface area contributed by atoms with Gasteiger partial charge in [0.15, 0.2) is 17.9 Å². The van der Waals surface area contributed by atoms with E-state index in [4.69, 9.17) is 4.74 Å². The number of ether oxygens (including phenoxy) is 1. The molecule has 0 saturated carbocycles. The van der Waals surface area contributed by atoms with Crippen LogP contribution in [0.25, 0.3) is 0 Å².